The Morgan fingerprint density at radius 1 is 1.48 bits per heavy atom. The standard InChI is InChI=1S/C16H14Cl2N4O3/c1-7-19-16(25-21-7)8-4-10(17)14(18)15-13(8)9-5-22(12(24)6-23)3-2-11(9)20-15/h4,20,23H,2-3,5-6H2,1H3. The lowest BCUT2D eigenvalue weighted by molar-refractivity contribution is -0.135. The van der Waals surface area contributed by atoms with Gasteiger partial charge in [0.2, 0.25) is 5.91 Å². The van der Waals surface area contributed by atoms with Crippen molar-refractivity contribution in [2.75, 3.05) is 13.2 Å². The second-order valence-electron chi connectivity index (χ2n) is 5.92. The Bertz CT molecular complexity index is 995. The first-order valence-corrected chi connectivity index (χ1v) is 8.46. The maximum absolute atomic E-state index is 11.9. The van der Waals surface area contributed by atoms with Crippen molar-refractivity contribution in [1.82, 2.24) is 20.0 Å². The van der Waals surface area contributed by atoms with Gasteiger partial charge in [-0.25, -0.2) is 0 Å². The lowest BCUT2D eigenvalue weighted by Gasteiger charge is -2.26. The van der Waals surface area contributed by atoms with E-state index >= 15 is 0 Å². The molecule has 1 aliphatic heterocycles. The summed E-state index contributed by atoms with van der Waals surface area (Å²) in [5.74, 6) is 0.541. The molecule has 0 aliphatic carbocycles. The fraction of sp³-hybridized carbons (Fsp3) is 0.312. The highest BCUT2D eigenvalue weighted by atomic mass is 35.5. The van der Waals surface area contributed by atoms with Crippen molar-refractivity contribution < 1.29 is 14.4 Å². The fourth-order valence-corrected chi connectivity index (χ4v) is 3.63. The van der Waals surface area contributed by atoms with Crippen LogP contribution in [0, 0.1) is 6.92 Å². The number of nitrogens with one attached hydrogen (secondary N) is 1. The molecule has 9 heteroatoms. The predicted molar refractivity (Wildman–Crippen MR) is 92.6 cm³/mol. The second-order valence-corrected chi connectivity index (χ2v) is 6.71. The van der Waals surface area contributed by atoms with Crippen molar-refractivity contribution in [1.29, 1.82) is 0 Å². The average Bonchev–Trinajstić information content (AvgIpc) is 3.20. The first-order valence-electron chi connectivity index (χ1n) is 7.70. The van der Waals surface area contributed by atoms with Gasteiger partial charge in [0.1, 0.15) is 6.61 Å². The molecule has 1 aliphatic rings. The number of aromatic nitrogens is 3. The van der Waals surface area contributed by atoms with E-state index in [2.05, 4.69) is 15.1 Å². The van der Waals surface area contributed by atoms with E-state index in [1.807, 2.05) is 0 Å². The Balaban J connectivity index is 1.96. The van der Waals surface area contributed by atoms with E-state index in [1.54, 1.807) is 17.9 Å². The van der Waals surface area contributed by atoms with Gasteiger partial charge < -0.3 is 19.5 Å². The van der Waals surface area contributed by atoms with E-state index in [4.69, 9.17) is 32.8 Å². The smallest absolute Gasteiger partial charge is 0.258 e. The van der Waals surface area contributed by atoms with Gasteiger partial charge in [-0.2, -0.15) is 4.98 Å². The molecule has 0 unspecified atom stereocenters. The largest absolute Gasteiger partial charge is 0.387 e. The van der Waals surface area contributed by atoms with Crippen LogP contribution in [0.25, 0.3) is 22.4 Å². The summed E-state index contributed by atoms with van der Waals surface area (Å²) in [6.45, 7) is 2.11. The zero-order valence-corrected chi connectivity index (χ0v) is 14.8. The van der Waals surface area contributed by atoms with Gasteiger partial charge in [-0.3, -0.25) is 4.79 Å². The zero-order valence-electron chi connectivity index (χ0n) is 13.3. The average molecular weight is 381 g/mol. The normalized spacial score (nSPS) is 14.2. The SMILES string of the molecule is Cc1noc(-c2cc(Cl)c(Cl)c3[nH]c4c(c23)CN(C(=O)CO)CC4)n1. The maximum atomic E-state index is 11.9. The Kier molecular flexibility index (Phi) is 3.94. The topological polar surface area (TPSA) is 95.2 Å². The number of benzene rings is 1. The Labute approximate surface area is 152 Å². The number of aliphatic hydroxyl groups is 1. The maximum Gasteiger partial charge on any atom is 0.258 e. The van der Waals surface area contributed by atoms with E-state index < -0.39 is 6.61 Å². The molecule has 3 aromatic rings. The van der Waals surface area contributed by atoms with E-state index in [0.717, 1.165) is 16.6 Å². The molecule has 0 spiro atoms. The minimum atomic E-state index is -0.514. The van der Waals surface area contributed by atoms with Crippen molar-refractivity contribution in [2.45, 2.75) is 19.9 Å². The van der Waals surface area contributed by atoms with Crippen LogP contribution in [0.1, 0.15) is 17.1 Å². The molecule has 0 saturated heterocycles. The van der Waals surface area contributed by atoms with Crippen LogP contribution in [0.5, 0.6) is 0 Å². The van der Waals surface area contributed by atoms with Crippen LogP contribution in [-0.2, 0) is 17.8 Å². The van der Waals surface area contributed by atoms with Gasteiger partial charge in [-0.15, -0.1) is 0 Å². The van der Waals surface area contributed by atoms with Gasteiger partial charge in [0, 0.05) is 36.2 Å². The number of aliphatic hydroxyl groups excluding tert-OH is 1. The molecule has 4 rings (SSSR count). The number of nitrogens with zero attached hydrogens (tertiary/aromatic N) is 3. The number of H-pyrrole nitrogens is 1. The molecular formula is C16H14Cl2N4O3. The van der Waals surface area contributed by atoms with Crippen molar-refractivity contribution in [2.24, 2.45) is 0 Å². The molecule has 25 heavy (non-hydrogen) atoms. The summed E-state index contributed by atoms with van der Waals surface area (Å²) in [6, 6.07) is 1.69. The number of rotatable bonds is 2. The van der Waals surface area contributed by atoms with E-state index in [-0.39, 0.29) is 5.91 Å². The Morgan fingerprint density at radius 2 is 2.28 bits per heavy atom. The number of hydrogen-bond acceptors (Lipinski definition) is 5. The molecule has 1 aromatic carbocycles. The lowest BCUT2D eigenvalue weighted by Crippen LogP contribution is -2.37. The number of halogens is 2. The Hall–Kier alpha value is -2.09. The molecule has 0 bridgehead atoms. The van der Waals surface area contributed by atoms with Crippen molar-refractivity contribution in [3.63, 3.8) is 0 Å². The van der Waals surface area contributed by atoms with Gasteiger partial charge in [0.15, 0.2) is 5.82 Å². The van der Waals surface area contributed by atoms with Crippen LogP contribution < -0.4 is 0 Å². The minimum absolute atomic E-state index is 0.310. The van der Waals surface area contributed by atoms with Gasteiger partial charge in [-0.1, -0.05) is 28.4 Å². The molecule has 130 valence electrons. The number of aromatic amines is 1. The van der Waals surface area contributed by atoms with Gasteiger partial charge in [-0.05, 0) is 13.0 Å². The molecule has 0 saturated carbocycles. The molecule has 1 amide bonds. The third kappa shape index (κ3) is 2.59. The number of amides is 1. The molecule has 2 aromatic heterocycles. The first-order chi connectivity index (χ1) is 12.0. The fourth-order valence-electron chi connectivity index (χ4n) is 3.23. The van der Waals surface area contributed by atoms with E-state index in [9.17, 15) is 4.79 Å². The highest BCUT2D eigenvalue weighted by Crippen LogP contribution is 2.41. The highest BCUT2D eigenvalue weighted by Gasteiger charge is 2.28. The van der Waals surface area contributed by atoms with E-state index in [1.165, 1.54) is 0 Å². The number of carbonyl (C=O) groups is 1. The zero-order chi connectivity index (χ0) is 17.7. The third-order valence-corrected chi connectivity index (χ3v) is 5.18. The summed E-state index contributed by atoms with van der Waals surface area (Å²) in [4.78, 5) is 21.1. The highest BCUT2D eigenvalue weighted by molar-refractivity contribution is 6.45. The number of aryl methyl sites for hydroxylation is 1. The minimum Gasteiger partial charge on any atom is -0.387 e. The molecule has 0 radical (unpaired) electrons. The third-order valence-electron chi connectivity index (χ3n) is 4.39. The molecule has 0 fully saturated rings. The summed E-state index contributed by atoms with van der Waals surface area (Å²) in [5, 5.41) is 14.6. The van der Waals surface area contributed by atoms with Crippen LogP contribution in [0.3, 0.4) is 0 Å². The molecular weight excluding hydrogens is 367 g/mol. The summed E-state index contributed by atoms with van der Waals surface area (Å²) in [6.07, 6.45) is 0.631. The molecule has 0 atom stereocenters. The summed E-state index contributed by atoms with van der Waals surface area (Å²) < 4.78 is 5.31. The summed E-state index contributed by atoms with van der Waals surface area (Å²) in [7, 11) is 0. The lowest BCUT2D eigenvalue weighted by atomic mass is 10.0. The van der Waals surface area contributed by atoms with Crippen molar-refractivity contribution in [3.8, 4) is 11.5 Å². The van der Waals surface area contributed by atoms with Crippen molar-refractivity contribution in [3.05, 3.63) is 33.2 Å². The molecule has 2 N–H and O–H groups in total. The number of carbonyl (C=O) groups excluding carboxylic acids is 1. The van der Waals surface area contributed by atoms with Crippen molar-refractivity contribution >= 4 is 40.0 Å². The van der Waals surface area contributed by atoms with Crippen LogP contribution >= 0.6 is 23.2 Å². The van der Waals surface area contributed by atoms with Crippen LogP contribution in [0.2, 0.25) is 10.0 Å². The van der Waals surface area contributed by atoms with Gasteiger partial charge in [0.25, 0.3) is 5.89 Å². The summed E-state index contributed by atoms with van der Waals surface area (Å²) >= 11 is 12.7. The Morgan fingerprint density at radius 3 is 2.96 bits per heavy atom. The predicted octanol–water partition coefficient (Wildman–Crippen LogP) is 2.71. The van der Waals surface area contributed by atoms with Crippen LogP contribution in [0.4, 0.5) is 0 Å². The number of hydrogen-bond donors (Lipinski definition) is 2. The van der Waals surface area contributed by atoms with Crippen LogP contribution in [-0.4, -0.2) is 44.2 Å². The first kappa shape index (κ1) is 16.4. The molecule has 7 nitrogen and oxygen atoms in total. The van der Waals surface area contributed by atoms with Crippen LogP contribution in [0.15, 0.2) is 10.6 Å². The summed E-state index contributed by atoms with van der Waals surface area (Å²) in [5.41, 5.74) is 3.26. The number of fused-ring (bicyclic) bond motifs is 3. The van der Waals surface area contributed by atoms with Gasteiger partial charge in [0.05, 0.1) is 21.1 Å². The van der Waals surface area contributed by atoms with Gasteiger partial charge >= 0.3 is 0 Å². The molecule has 3 heterocycles. The van der Waals surface area contributed by atoms with E-state index in [0.29, 0.717) is 52.4 Å². The second kappa shape index (κ2) is 6.01. The monoisotopic (exact) mass is 380 g/mol. The quantitative estimate of drug-likeness (QED) is 0.712.